The highest BCUT2D eigenvalue weighted by Gasteiger charge is 2.22. The molecule has 1 fully saturated rings. The molecule has 2 aromatic rings. The molecule has 3 rings (SSSR count). The van der Waals surface area contributed by atoms with Crippen molar-refractivity contribution in [2.75, 3.05) is 0 Å². The van der Waals surface area contributed by atoms with Crippen molar-refractivity contribution in [2.24, 2.45) is 0 Å². The van der Waals surface area contributed by atoms with Gasteiger partial charge in [0.15, 0.2) is 0 Å². The molecule has 0 aliphatic carbocycles. The Morgan fingerprint density at radius 2 is 2.05 bits per heavy atom. The summed E-state index contributed by atoms with van der Waals surface area (Å²) in [5.41, 5.74) is 2.15. The summed E-state index contributed by atoms with van der Waals surface area (Å²) in [5, 5.41) is 3.67. The lowest BCUT2D eigenvalue weighted by atomic mass is 10.1. The van der Waals surface area contributed by atoms with Crippen molar-refractivity contribution in [1.82, 2.24) is 10.3 Å². The summed E-state index contributed by atoms with van der Waals surface area (Å²) < 4.78 is 0.452. The number of amides is 1. The molecule has 110 valence electrons. The standard InChI is InChI=1S/C15H8Cl2N2OS2/c16-8-4-5-10(11(17)6-8)12-3-1-2-9(18-12)7-13-14(20)19-15(21)22-13/h1-7H,(H,19,20,21). The van der Waals surface area contributed by atoms with E-state index in [-0.39, 0.29) is 5.91 Å². The van der Waals surface area contributed by atoms with E-state index < -0.39 is 0 Å². The SMILES string of the molecule is O=C1NC(=S)SC1=Cc1cccc(-c2ccc(Cl)cc2Cl)n1. The summed E-state index contributed by atoms with van der Waals surface area (Å²) in [6.45, 7) is 0. The molecule has 0 saturated carbocycles. The molecule has 22 heavy (non-hydrogen) atoms. The average Bonchev–Trinajstić information content (AvgIpc) is 2.77. The first-order valence-electron chi connectivity index (χ1n) is 6.20. The molecule has 0 radical (unpaired) electrons. The maximum absolute atomic E-state index is 11.7. The lowest BCUT2D eigenvalue weighted by Crippen LogP contribution is -2.17. The number of pyridine rings is 1. The number of thiocarbonyl (C=S) groups is 1. The number of thioether (sulfide) groups is 1. The van der Waals surface area contributed by atoms with Gasteiger partial charge in [0, 0.05) is 10.6 Å². The van der Waals surface area contributed by atoms with Gasteiger partial charge in [-0.25, -0.2) is 4.98 Å². The van der Waals surface area contributed by atoms with E-state index in [1.54, 1.807) is 18.2 Å². The van der Waals surface area contributed by atoms with Crippen molar-refractivity contribution in [1.29, 1.82) is 0 Å². The number of rotatable bonds is 2. The van der Waals surface area contributed by atoms with Crippen molar-refractivity contribution >= 4 is 63.5 Å². The van der Waals surface area contributed by atoms with Crippen LogP contribution in [-0.2, 0) is 4.79 Å². The van der Waals surface area contributed by atoms with E-state index in [4.69, 9.17) is 35.4 Å². The predicted molar refractivity (Wildman–Crippen MR) is 96.0 cm³/mol. The molecule has 1 N–H and O–H groups in total. The van der Waals surface area contributed by atoms with Crippen LogP contribution in [-0.4, -0.2) is 15.2 Å². The van der Waals surface area contributed by atoms with Crippen LogP contribution in [0, 0.1) is 0 Å². The molecule has 1 aliphatic heterocycles. The summed E-state index contributed by atoms with van der Waals surface area (Å²) in [5.74, 6) is -0.202. The molecule has 0 bridgehead atoms. The average molecular weight is 367 g/mol. The summed E-state index contributed by atoms with van der Waals surface area (Å²) >= 11 is 18.3. The number of nitrogens with one attached hydrogen (secondary N) is 1. The third-order valence-corrected chi connectivity index (χ3v) is 4.61. The molecular formula is C15H8Cl2N2OS2. The second kappa shape index (κ2) is 6.38. The number of hydrogen-bond donors (Lipinski definition) is 1. The third-order valence-electron chi connectivity index (χ3n) is 2.90. The van der Waals surface area contributed by atoms with Crippen molar-refractivity contribution < 1.29 is 4.79 Å². The fraction of sp³-hybridized carbons (Fsp3) is 0. The Bertz CT molecular complexity index is 821. The zero-order chi connectivity index (χ0) is 15.7. The number of benzene rings is 1. The second-order valence-electron chi connectivity index (χ2n) is 4.42. The molecule has 0 atom stereocenters. The summed E-state index contributed by atoms with van der Waals surface area (Å²) in [6, 6.07) is 10.8. The highest BCUT2D eigenvalue weighted by Crippen LogP contribution is 2.30. The normalized spacial score (nSPS) is 16.2. The topological polar surface area (TPSA) is 42.0 Å². The minimum absolute atomic E-state index is 0.202. The first-order valence-corrected chi connectivity index (χ1v) is 8.18. The van der Waals surface area contributed by atoms with Crippen LogP contribution in [0.3, 0.4) is 0 Å². The van der Waals surface area contributed by atoms with E-state index in [0.29, 0.717) is 30.7 Å². The van der Waals surface area contributed by atoms with E-state index in [0.717, 1.165) is 5.56 Å². The Morgan fingerprint density at radius 1 is 1.23 bits per heavy atom. The molecule has 1 amide bonds. The lowest BCUT2D eigenvalue weighted by molar-refractivity contribution is -0.115. The second-order valence-corrected chi connectivity index (χ2v) is 6.99. The summed E-state index contributed by atoms with van der Waals surface area (Å²) in [7, 11) is 0. The van der Waals surface area contributed by atoms with Crippen molar-refractivity contribution in [3.05, 3.63) is 57.0 Å². The monoisotopic (exact) mass is 366 g/mol. The molecule has 7 heteroatoms. The Morgan fingerprint density at radius 3 is 2.73 bits per heavy atom. The maximum atomic E-state index is 11.7. The Labute approximate surface area is 146 Å². The Balaban J connectivity index is 1.98. The smallest absolute Gasteiger partial charge is 0.263 e. The molecule has 3 nitrogen and oxygen atoms in total. The zero-order valence-electron chi connectivity index (χ0n) is 11.0. The van der Waals surface area contributed by atoms with Crippen LogP contribution < -0.4 is 5.32 Å². The number of carbonyl (C=O) groups is 1. The minimum atomic E-state index is -0.202. The first kappa shape index (κ1) is 15.5. The first-order chi connectivity index (χ1) is 10.5. The van der Waals surface area contributed by atoms with E-state index >= 15 is 0 Å². The molecule has 0 unspecified atom stereocenters. The quantitative estimate of drug-likeness (QED) is 0.625. The summed E-state index contributed by atoms with van der Waals surface area (Å²) in [4.78, 5) is 16.7. The Kier molecular flexibility index (Phi) is 4.49. The van der Waals surface area contributed by atoms with Crippen LogP contribution in [0.25, 0.3) is 17.3 Å². The van der Waals surface area contributed by atoms with E-state index in [9.17, 15) is 4.79 Å². The van der Waals surface area contributed by atoms with Gasteiger partial charge in [-0.3, -0.25) is 4.79 Å². The highest BCUT2D eigenvalue weighted by molar-refractivity contribution is 8.26. The van der Waals surface area contributed by atoms with Crippen molar-refractivity contribution in [2.45, 2.75) is 0 Å². The van der Waals surface area contributed by atoms with Crippen LogP contribution in [0.5, 0.6) is 0 Å². The number of hydrogen-bond acceptors (Lipinski definition) is 4. The minimum Gasteiger partial charge on any atom is -0.307 e. The molecule has 2 heterocycles. The van der Waals surface area contributed by atoms with Gasteiger partial charge in [0.25, 0.3) is 5.91 Å². The molecule has 1 aromatic carbocycles. The van der Waals surface area contributed by atoms with Gasteiger partial charge in [-0.2, -0.15) is 0 Å². The van der Waals surface area contributed by atoms with Crippen LogP contribution >= 0.6 is 47.2 Å². The van der Waals surface area contributed by atoms with Gasteiger partial charge >= 0.3 is 0 Å². The van der Waals surface area contributed by atoms with Gasteiger partial charge in [-0.1, -0.05) is 53.2 Å². The molecule has 1 aromatic heterocycles. The summed E-state index contributed by atoms with van der Waals surface area (Å²) in [6.07, 6.45) is 1.70. The van der Waals surface area contributed by atoms with Crippen LogP contribution in [0.1, 0.15) is 5.69 Å². The fourth-order valence-electron chi connectivity index (χ4n) is 1.93. The number of aromatic nitrogens is 1. The fourth-order valence-corrected chi connectivity index (χ4v) is 3.47. The number of nitrogens with zero attached hydrogens (tertiary/aromatic N) is 1. The van der Waals surface area contributed by atoms with Crippen LogP contribution in [0.2, 0.25) is 10.0 Å². The zero-order valence-corrected chi connectivity index (χ0v) is 14.1. The van der Waals surface area contributed by atoms with Gasteiger partial charge in [-0.05, 0) is 36.4 Å². The number of halogens is 2. The molecule has 1 aliphatic rings. The van der Waals surface area contributed by atoms with Gasteiger partial charge in [0.2, 0.25) is 0 Å². The van der Waals surface area contributed by atoms with Gasteiger partial charge < -0.3 is 5.32 Å². The molecular weight excluding hydrogens is 359 g/mol. The van der Waals surface area contributed by atoms with Crippen LogP contribution in [0.4, 0.5) is 0 Å². The van der Waals surface area contributed by atoms with Gasteiger partial charge in [0.1, 0.15) is 4.32 Å². The maximum Gasteiger partial charge on any atom is 0.263 e. The lowest BCUT2D eigenvalue weighted by Gasteiger charge is -2.05. The van der Waals surface area contributed by atoms with Crippen molar-refractivity contribution in [3.63, 3.8) is 0 Å². The third kappa shape index (κ3) is 3.33. The van der Waals surface area contributed by atoms with E-state index in [1.165, 1.54) is 11.8 Å². The predicted octanol–water partition coefficient (Wildman–Crippen LogP) is 4.54. The van der Waals surface area contributed by atoms with Gasteiger partial charge in [0.05, 0.1) is 21.3 Å². The Hall–Kier alpha value is -1.40. The van der Waals surface area contributed by atoms with E-state index in [2.05, 4.69) is 10.3 Å². The van der Waals surface area contributed by atoms with Crippen molar-refractivity contribution in [3.8, 4) is 11.3 Å². The van der Waals surface area contributed by atoms with E-state index in [1.807, 2.05) is 24.3 Å². The number of carbonyl (C=O) groups excluding carboxylic acids is 1. The van der Waals surface area contributed by atoms with Crippen LogP contribution in [0.15, 0.2) is 41.3 Å². The van der Waals surface area contributed by atoms with Gasteiger partial charge in [-0.15, -0.1) is 0 Å². The highest BCUT2D eigenvalue weighted by atomic mass is 35.5. The molecule has 1 saturated heterocycles. The molecule has 0 spiro atoms. The largest absolute Gasteiger partial charge is 0.307 e.